The molecule has 240 valence electrons. The summed E-state index contributed by atoms with van der Waals surface area (Å²) in [6.45, 7) is 16.1. The Bertz CT molecular complexity index is 813. The molecule has 0 heterocycles. The standard InChI is InChI=1S/C27H46F6N2OSi.2BrH.Ni/c1-16-12-21(26(28,29)30)13-17(2)24(16)34-20(5)23(10-9-11-36-37(6,7)8)35-25-18(3)14-22(15-19(25)4)27(31,32)33;;;/h16-19,21-22,24-25H,9-15H2,1-8H3;2*1H;/q;;;+2/p-2. The summed E-state index contributed by atoms with van der Waals surface area (Å²) in [5, 5.41) is 0. The Morgan fingerprint density at radius 3 is 1.45 bits per heavy atom. The monoisotopic (exact) mass is 772 g/mol. The van der Waals surface area contributed by atoms with Crippen molar-refractivity contribution in [1.82, 2.24) is 0 Å². The Hall–Kier alpha value is 0.550. The zero-order valence-corrected chi connectivity index (χ0v) is 29.9. The molecule has 3 nitrogen and oxygen atoms in total. The molecule has 4 unspecified atom stereocenters. The first-order valence-corrected chi connectivity index (χ1v) is 22.2. The molecule has 4 atom stereocenters. The average molecular weight is 775 g/mol. The van der Waals surface area contributed by atoms with E-state index in [2.05, 4.69) is 48.1 Å². The molecule has 0 aromatic rings. The first-order chi connectivity index (χ1) is 18.2. The summed E-state index contributed by atoms with van der Waals surface area (Å²) in [5.74, 6) is -3.50. The van der Waals surface area contributed by atoms with E-state index in [9.17, 15) is 26.3 Å². The molecule has 2 rings (SSSR count). The van der Waals surface area contributed by atoms with Gasteiger partial charge in [0.25, 0.3) is 0 Å². The second-order valence-electron chi connectivity index (χ2n) is 12.7. The summed E-state index contributed by atoms with van der Waals surface area (Å²) in [7, 11) is -0.440. The van der Waals surface area contributed by atoms with Crippen LogP contribution in [-0.2, 0) is 15.3 Å². The van der Waals surface area contributed by atoms with E-state index in [1.807, 2.05) is 34.6 Å². The van der Waals surface area contributed by atoms with E-state index in [-0.39, 0.29) is 61.4 Å². The predicted molar refractivity (Wildman–Crippen MR) is 159 cm³/mol. The van der Waals surface area contributed by atoms with E-state index in [0.29, 0.717) is 25.2 Å². The first-order valence-electron chi connectivity index (χ1n) is 13.9. The van der Waals surface area contributed by atoms with Gasteiger partial charge in [0, 0.05) is 6.61 Å². The van der Waals surface area contributed by atoms with Gasteiger partial charge < -0.3 is 4.43 Å². The molecule has 0 aromatic carbocycles. The van der Waals surface area contributed by atoms with Gasteiger partial charge in [-0.25, -0.2) is 0 Å². The Morgan fingerprint density at radius 1 is 0.775 bits per heavy atom. The molecule has 2 aliphatic rings. The van der Waals surface area contributed by atoms with E-state index >= 15 is 0 Å². The maximum atomic E-state index is 13.4. The van der Waals surface area contributed by atoms with Crippen LogP contribution in [0.3, 0.4) is 0 Å². The number of aliphatic imine (C=N–C) groups is 2. The molecule has 0 amide bonds. The normalized spacial score (nSPS) is 33.0. The van der Waals surface area contributed by atoms with Gasteiger partial charge in [0.1, 0.15) is 0 Å². The van der Waals surface area contributed by atoms with Crippen LogP contribution < -0.4 is 0 Å². The molecule has 0 aromatic heterocycles. The fraction of sp³-hybridized carbons (Fsp3) is 0.926. The first kappa shape index (κ1) is 38.6. The molecular weight excluding hydrogens is 729 g/mol. The summed E-state index contributed by atoms with van der Waals surface area (Å²) in [6.07, 6.45) is -6.88. The SMILES string of the molecule is CC(=NC1C(C)CC(C(F)(F)F)CC1C)C(CCCO[Si](C)(C)C)=NC1C(C)CC(C(F)(F)F)CC1C.[Br][Ni][Br]. The third-order valence-corrected chi connectivity index (χ3v) is 9.11. The number of hydrogen-bond acceptors (Lipinski definition) is 3. The van der Waals surface area contributed by atoms with Gasteiger partial charge in [0.2, 0.25) is 0 Å². The number of halogens is 8. The van der Waals surface area contributed by atoms with E-state index < -0.39 is 32.5 Å². The van der Waals surface area contributed by atoms with Crippen molar-refractivity contribution in [3.8, 4) is 0 Å². The van der Waals surface area contributed by atoms with Gasteiger partial charge in [-0.2, -0.15) is 26.3 Å². The quantitative estimate of drug-likeness (QED) is 0.105. The molecule has 0 radical (unpaired) electrons. The van der Waals surface area contributed by atoms with Crippen molar-refractivity contribution >= 4 is 48.2 Å². The number of nitrogens with zero attached hydrogens (tertiary/aromatic N) is 2. The van der Waals surface area contributed by atoms with Gasteiger partial charge in [0.05, 0.1) is 35.3 Å². The number of hydrogen-bond donors (Lipinski definition) is 0. The Balaban J connectivity index is 0.00000254. The van der Waals surface area contributed by atoms with Crippen molar-refractivity contribution in [2.75, 3.05) is 6.61 Å². The van der Waals surface area contributed by atoms with Gasteiger partial charge in [0.15, 0.2) is 8.32 Å². The third kappa shape index (κ3) is 13.0. The van der Waals surface area contributed by atoms with E-state index in [4.69, 9.17) is 14.4 Å². The Kier molecular flexibility index (Phi) is 16.0. The summed E-state index contributed by atoms with van der Waals surface area (Å²) in [6, 6.07) is -0.481. The van der Waals surface area contributed by atoms with Crippen LogP contribution in [0.15, 0.2) is 9.98 Å². The van der Waals surface area contributed by atoms with Crippen LogP contribution in [0, 0.1) is 35.5 Å². The van der Waals surface area contributed by atoms with Gasteiger partial charge in [-0.15, -0.1) is 0 Å². The Morgan fingerprint density at radius 2 is 1.12 bits per heavy atom. The topological polar surface area (TPSA) is 34.0 Å². The van der Waals surface area contributed by atoms with Crippen LogP contribution in [0.25, 0.3) is 0 Å². The van der Waals surface area contributed by atoms with Crippen LogP contribution in [-0.4, -0.2) is 50.8 Å². The van der Waals surface area contributed by atoms with Gasteiger partial charge >= 0.3 is 51.7 Å². The predicted octanol–water partition coefficient (Wildman–Crippen LogP) is 10.4. The maximum absolute atomic E-state index is 13.4. The van der Waals surface area contributed by atoms with Crippen molar-refractivity contribution in [2.24, 2.45) is 45.5 Å². The summed E-state index contributed by atoms with van der Waals surface area (Å²) in [4.78, 5) is 9.93. The number of alkyl halides is 6. The van der Waals surface area contributed by atoms with Crippen LogP contribution in [0.4, 0.5) is 26.3 Å². The molecule has 0 saturated heterocycles. The minimum absolute atomic E-state index is 0.0553. The van der Waals surface area contributed by atoms with Crippen LogP contribution in [0.1, 0.15) is 73.1 Å². The van der Waals surface area contributed by atoms with Crippen molar-refractivity contribution in [3.05, 3.63) is 0 Å². The second-order valence-corrected chi connectivity index (χ2v) is 22.2. The Labute approximate surface area is 258 Å². The van der Waals surface area contributed by atoms with Crippen molar-refractivity contribution < 1.29 is 41.7 Å². The zero-order chi connectivity index (χ0) is 31.1. The van der Waals surface area contributed by atoms with E-state index in [1.54, 1.807) is 0 Å². The van der Waals surface area contributed by atoms with Crippen molar-refractivity contribution in [3.63, 3.8) is 0 Å². The zero-order valence-electron chi connectivity index (χ0n) is 24.7. The molecule has 13 heteroatoms. The summed E-state index contributed by atoms with van der Waals surface area (Å²) in [5.41, 5.74) is 1.45. The van der Waals surface area contributed by atoms with Gasteiger partial charge in [-0.05, 0) is 88.8 Å². The van der Waals surface area contributed by atoms with Gasteiger partial charge in [-0.1, -0.05) is 27.7 Å². The molecule has 2 fully saturated rings. The van der Waals surface area contributed by atoms with Crippen LogP contribution in [0.2, 0.25) is 19.6 Å². The fourth-order valence-electron chi connectivity index (χ4n) is 6.15. The summed E-state index contributed by atoms with van der Waals surface area (Å²) < 4.78 is 86.3. The molecule has 0 N–H and O–H groups in total. The molecule has 2 saturated carbocycles. The molecular formula is C27H46Br2F6N2NiOSi. The number of rotatable bonds is 8. The third-order valence-electron chi connectivity index (χ3n) is 8.04. The molecule has 0 spiro atoms. The molecule has 2 aliphatic carbocycles. The molecule has 40 heavy (non-hydrogen) atoms. The van der Waals surface area contributed by atoms with Crippen molar-refractivity contribution in [1.29, 1.82) is 0 Å². The second kappa shape index (κ2) is 16.6. The average Bonchev–Trinajstić information content (AvgIpc) is 2.78. The van der Waals surface area contributed by atoms with Crippen LogP contribution in [0.5, 0.6) is 0 Å². The van der Waals surface area contributed by atoms with E-state index in [0.717, 1.165) is 5.71 Å². The molecule has 0 bridgehead atoms. The molecule has 0 aliphatic heterocycles. The minimum atomic E-state index is -4.20. The van der Waals surface area contributed by atoms with E-state index in [1.165, 1.54) is 10.9 Å². The summed E-state index contributed by atoms with van der Waals surface area (Å²) >= 11 is 6.00. The van der Waals surface area contributed by atoms with Crippen LogP contribution >= 0.6 is 28.5 Å². The van der Waals surface area contributed by atoms with Gasteiger partial charge in [-0.3, -0.25) is 9.98 Å². The van der Waals surface area contributed by atoms with Crippen molar-refractivity contribution in [2.45, 2.75) is 117 Å². The fourth-order valence-corrected chi connectivity index (χ4v) is 6.90.